The maximum Gasteiger partial charge on any atom is 0.194 e. The molecule has 0 radical (unpaired) electrons. The van der Waals surface area contributed by atoms with Gasteiger partial charge in [0.05, 0.1) is 6.61 Å². The van der Waals surface area contributed by atoms with Gasteiger partial charge in [-0.25, -0.2) is 13.2 Å². The summed E-state index contributed by atoms with van der Waals surface area (Å²) in [4.78, 5) is 11.9. The first-order valence-corrected chi connectivity index (χ1v) is 5.36. The van der Waals surface area contributed by atoms with E-state index in [0.29, 0.717) is 13.0 Å². The molecule has 1 saturated heterocycles. The summed E-state index contributed by atoms with van der Waals surface area (Å²) < 4.78 is 43.8. The molecule has 5 heteroatoms. The van der Waals surface area contributed by atoms with Crippen LogP contribution in [0.1, 0.15) is 23.2 Å². The predicted octanol–water partition coefficient (Wildman–Crippen LogP) is 2.71. The second-order valence-electron chi connectivity index (χ2n) is 4.03. The molecule has 1 aromatic rings. The van der Waals surface area contributed by atoms with E-state index in [9.17, 15) is 18.0 Å². The number of ether oxygens (including phenoxy) is 1. The molecule has 2 rings (SSSR count). The summed E-state index contributed by atoms with van der Waals surface area (Å²) in [6.07, 6.45) is 1.36. The van der Waals surface area contributed by atoms with E-state index in [0.717, 1.165) is 18.6 Å². The van der Waals surface area contributed by atoms with Gasteiger partial charge in [-0.05, 0) is 25.0 Å². The number of ketones is 1. The molecule has 1 atom stereocenters. The zero-order chi connectivity index (χ0) is 12.4. The van der Waals surface area contributed by atoms with E-state index < -0.39 is 29.2 Å². The normalized spacial score (nSPS) is 20.3. The molecule has 2 nitrogen and oxygen atoms in total. The Kier molecular flexibility index (Phi) is 3.47. The van der Waals surface area contributed by atoms with E-state index >= 15 is 0 Å². The SMILES string of the molecule is O=C(c1cc(F)c(F)c(F)c1)C1CCCOC1. The molecule has 1 fully saturated rings. The first-order valence-electron chi connectivity index (χ1n) is 5.36. The number of hydrogen-bond acceptors (Lipinski definition) is 2. The van der Waals surface area contributed by atoms with Crippen LogP contribution in [-0.2, 0) is 4.74 Å². The van der Waals surface area contributed by atoms with Crippen LogP contribution < -0.4 is 0 Å². The Labute approximate surface area is 96.4 Å². The summed E-state index contributed by atoms with van der Waals surface area (Å²) in [6.45, 7) is 0.843. The number of carbonyl (C=O) groups excluding carboxylic acids is 1. The predicted molar refractivity (Wildman–Crippen MR) is 54.2 cm³/mol. The van der Waals surface area contributed by atoms with Gasteiger partial charge in [0.2, 0.25) is 0 Å². The van der Waals surface area contributed by atoms with Gasteiger partial charge < -0.3 is 4.74 Å². The monoisotopic (exact) mass is 244 g/mol. The molecule has 0 aromatic heterocycles. The van der Waals surface area contributed by atoms with Crippen molar-refractivity contribution in [3.63, 3.8) is 0 Å². The molecule has 0 amide bonds. The van der Waals surface area contributed by atoms with Gasteiger partial charge in [-0.1, -0.05) is 0 Å². The van der Waals surface area contributed by atoms with Crippen molar-refractivity contribution in [1.82, 2.24) is 0 Å². The molecule has 0 N–H and O–H groups in total. The molecule has 1 aliphatic heterocycles. The first-order chi connectivity index (χ1) is 8.09. The molecule has 1 heterocycles. The molecule has 0 saturated carbocycles. The quantitative estimate of drug-likeness (QED) is 0.590. The highest BCUT2D eigenvalue weighted by molar-refractivity contribution is 5.98. The molecular weight excluding hydrogens is 233 g/mol. The summed E-state index contributed by atoms with van der Waals surface area (Å²) in [7, 11) is 0. The van der Waals surface area contributed by atoms with Gasteiger partial charge >= 0.3 is 0 Å². The summed E-state index contributed by atoms with van der Waals surface area (Å²) in [6, 6.07) is 1.46. The van der Waals surface area contributed by atoms with Gasteiger partial charge in [-0.15, -0.1) is 0 Å². The Morgan fingerprint density at radius 1 is 1.24 bits per heavy atom. The van der Waals surface area contributed by atoms with Gasteiger partial charge in [0, 0.05) is 18.1 Å². The molecular formula is C12H11F3O2. The largest absolute Gasteiger partial charge is 0.381 e. The molecule has 1 aliphatic rings. The van der Waals surface area contributed by atoms with E-state index in [1.54, 1.807) is 0 Å². The highest BCUT2D eigenvalue weighted by Gasteiger charge is 2.24. The highest BCUT2D eigenvalue weighted by atomic mass is 19.2. The van der Waals surface area contributed by atoms with Crippen LogP contribution >= 0.6 is 0 Å². The van der Waals surface area contributed by atoms with Gasteiger partial charge in [0.25, 0.3) is 0 Å². The third-order valence-corrected chi connectivity index (χ3v) is 2.80. The topological polar surface area (TPSA) is 26.3 Å². The number of carbonyl (C=O) groups is 1. The van der Waals surface area contributed by atoms with Crippen LogP contribution in [0, 0.1) is 23.4 Å². The Morgan fingerprint density at radius 2 is 1.88 bits per heavy atom. The third-order valence-electron chi connectivity index (χ3n) is 2.80. The van der Waals surface area contributed by atoms with Crippen molar-refractivity contribution in [3.05, 3.63) is 35.1 Å². The van der Waals surface area contributed by atoms with Crippen LogP contribution in [0.15, 0.2) is 12.1 Å². The standard InChI is InChI=1S/C12H11F3O2/c13-9-4-8(5-10(14)11(9)15)12(16)7-2-1-3-17-6-7/h4-5,7H,1-3,6H2. The lowest BCUT2D eigenvalue weighted by molar-refractivity contribution is 0.0460. The number of rotatable bonds is 2. The molecule has 0 bridgehead atoms. The van der Waals surface area contributed by atoms with Crippen LogP contribution in [0.5, 0.6) is 0 Å². The van der Waals surface area contributed by atoms with E-state index in [4.69, 9.17) is 4.74 Å². The molecule has 1 aromatic carbocycles. The van der Waals surface area contributed by atoms with E-state index in [1.807, 2.05) is 0 Å². The van der Waals surface area contributed by atoms with Crippen LogP contribution in [0.3, 0.4) is 0 Å². The van der Waals surface area contributed by atoms with Gasteiger partial charge in [-0.2, -0.15) is 0 Å². The molecule has 92 valence electrons. The average molecular weight is 244 g/mol. The number of benzene rings is 1. The lowest BCUT2D eigenvalue weighted by Crippen LogP contribution is -2.25. The molecule has 0 aliphatic carbocycles. The van der Waals surface area contributed by atoms with Crippen LogP contribution in [0.25, 0.3) is 0 Å². The second kappa shape index (κ2) is 4.87. The fourth-order valence-electron chi connectivity index (χ4n) is 1.88. The smallest absolute Gasteiger partial charge is 0.194 e. The minimum Gasteiger partial charge on any atom is -0.381 e. The van der Waals surface area contributed by atoms with Gasteiger partial charge in [0.1, 0.15) is 0 Å². The Bertz CT molecular complexity index is 416. The van der Waals surface area contributed by atoms with Crippen LogP contribution in [-0.4, -0.2) is 19.0 Å². The zero-order valence-electron chi connectivity index (χ0n) is 9.01. The lowest BCUT2D eigenvalue weighted by Gasteiger charge is -2.20. The average Bonchev–Trinajstić information content (AvgIpc) is 2.35. The van der Waals surface area contributed by atoms with Crippen molar-refractivity contribution in [1.29, 1.82) is 0 Å². The Morgan fingerprint density at radius 3 is 2.41 bits per heavy atom. The van der Waals surface area contributed by atoms with Gasteiger partial charge in [-0.3, -0.25) is 4.79 Å². The molecule has 0 spiro atoms. The first kappa shape index (κ1) is 12.1. The van der Waals surface area contributed by atoms with Crippen molar-refractivity contribution >= 4 is 5.78 Å². The molecule has 1 unspecified atom stereocenters. The summed E-state index contributed by atoms with van der Waals surface area (Å²) >= 11 is 0. The third kappa shape index (κ3) is 2.49. The minimum atomic E-state index is -1.55. The minimum absolute atomic E-state index is 0.142. The van der Waals surface area contributed by atoms with E-state index in [2.05, 4.69) is 0 Å². The maximum atomic E-state index is 13.0. The fourth-order valence-corrected chi connectivity index (χ4v) is 1.88. The summed E-state index contributed by atoms with van der Waals surface area (Å²) in [5.41, 5.74) is -0.142. The van der Waals surface area contributed by atoms with Gasteiger partial charge in [0.15, 0.2) is 23.2 Å². The highest BCUT2D eigenvalue weighted by Crippen LogP contribution is 2.21. The zero-order valence-corrected chi connectivity index (χ0v) is 9.01. The number of Topliss-reactive ketones (excluding diaryl/α,β-unsaturated/α-hetero) is 1. The van der Waals surface area contributed by atoms with Crippen molar-refractivity contribution in [3.8, 4) is 0 Å². The van der Waals surface area contributed by atoms with Crippen LogP contribution in [0.4, 0.5) is 13.2 Å². The summed E-state index contributed by atoms with van der Waals surface area (Å²) in [5, 5.41) is 0. The second-order valence-corrected chi connectivity index (χ2v) is 4.03. The summed E-state index contributed by atoms with van der Waals surface area (Å²) in [5.74, 6) is -5.04. The Balaban J connectivity index is 2.24. The van der Waals surface area contributed by atoms with E-state index in [1.165, 1.54) is 0 Å². The van der Waals surface area contributed by atoms with E-state index in [-0.39, 0.29) is 12.2 Å². The number of hydrogen-bond donors (Lipinski definition) is 0. The molecule has 17 heavy (non-hydrogen) atoms. The number of halogens is 3. The van der Waals surface area contributed by atoms with Crippen molar-refractivity contribution in [2.24, 2.45) is 5.92 Å². The fraction of sp³-hybridized carbons (Fsp3) is 0.417. The van der Waals surface area contributed by atoms with Crippen LogP contribution in [0.2, 0.25) is 0 Å². The Hall–Kier alpha value is -1.36. The van der Waals surface area contributed by atoms with Crippen molar-refractivity contribution in [2.45, 2.75) is 12.8 Å². The van der Waals surface area contributed by atoms with Crippen molar-refractivity contribution in [2.75, 3.05) is 13.2 Å². The van der Waals surface area contributed by atoms with Crippen molar-refractivity contribution < 1.29 is 22.7 Å². The lowest BCUT2D eigenvalue weighted by atomic mass is 9.92. The maximum absolute atomic E-state index is 13.0.